The van der Waals surface area contributed by atoms with Crippen LogP contribution in [0.15, 0.2) is 12.1 Å². The summed E-state index contributed by atoms with van der Waals surface area (Å²) < 4.78 is 9.92. The highest BCUT2D eigenvalue weighted by atomic mass is 79.9. The zero-order valence-electron chi connectivity index (χ0n) is 8.43. The van der Waals surface area contributed by atoms with E-state index in [4.69, 9.17) is 27.9 Å². The molecule has 0 N–H and O–H groups in total. The molecular weight excluding hydrogens is 319 g/mol. The van der Waals surface area contributed by atoms with Gasteiger partial charge in [-0.25, -0.2) is 4.79 Å². The molecule has 6 heteroatoms. The van der Waals surface area contributed by atoms with Crippen molar-refractivity contribution < 1.29 is 14.3 Å². The van der Waals surface area contributed by atoms with Crippen molar-refractivity contribution in [3.05, 3.63) is 27.7 Å². The summed E-state index contributed by atoms with van der Waals surface area (Å²) >= 11 is 15.1. The summed E-state index contributed by atoms with van der Waals surface area (Å²) in [4.78, 5) is 11.4. The third kappa shape index (κ3) is 3.03. The molecule has 0 saturated heterocycles. The Hall–Kier alpha value is -0.450. The Morgan fingerprint density at radius 2 is 2.12 bits per heavy atom. The van der Waals surface area contributed by atoms with E-state index in [1.807, 2.05) is 0 Å². The number of hydrogen-bond acceptors (Lipinski definition) is 3. The first-order valence-corrected chi connectivity index (χ1v) is 6.24. The van der Waals surface area contributed by atoms with E-state index in [-0.39, 0.29) is 10.6 Å². The van der Waals surface area contributed by atoms with Crippen LogP contribution >= 0.6 is 39.1 Å². The molecule has 0 unspecified atom stereocenters. The van der Waals surface area contributed by atoms with Crippen molar-refractivity contribution in [2.45, 2.75) is 0 Å². The van der Waals surface area contributed by atoms with Crippen LogP contribution in [0.25, 0.3) is 0 Å². The average molecular weight is 328 g/mol. The molecule has 0 amide bonds. The molecule has 0 heterocycles. The molecule has 0 aromatic heterocycles. The maximum Gasteiger partial charge on any atom is 0.339 e. The molecule has 1 aromatic rings. The fourth-order valence-electron chi connectivity index (χ4n) is 1.07. The molecule has 0 bridgehead atoms. The molecule has 1 rings (SSSR count). The predicted octanol–water partition coefficient (Wildman–Crippen LogP) is 3.55. The second kappa shape index (κ2) is 6.33. The van der Waals surface area contributed by atoms with Crippen molar-refractivity contribution in [3.8, 4) is 5.75 Å². The van der Waals surface area contributed by atoms with E-state index >= 15 is 0 Å². The van der Waals surface area contributed by atoms with Crippen molar-refractivity contribution in [3.63, 3.8) is 0 Å². The fourth-order valence-corrected chi connectivity index (χ4v) is 1.79. The lowest BCUT2D eigenvalue weighted by Gasteiger charge is -2.11. The van der Waals surface area contributed by atoms with Gasteiger partial charge in [0.25, 0.3) is 0 Å². The van der Waals surface area contributed by atoms with Gasteiger partial charge in [0.05, 0.1) is 29.3 Å². The van der Waals surface area contributed by atoms with E-state index in [0.717, 1.165) is 0 Å². The number of rotatable bonds is 4. The highest BCUT2D eigenvalue weighted by Crippen LogP contribution is 2.35. The quantitative estimate of drug-likeness (QED) is 0.626. The predicted molar refractivity (Wildman–Crippen MR) is 67.1 cm³/mol. The van der Waals surface area contributed by atoms with E-state index < -0.39 is 5.97 Å². The highest BCUT2D eigenvalue weighted by molar-refractivity contribution is 9.09. The number of esters is 1. The molecule has 1 aromatic carbocycles. The summed E-state index contributed by atoms with van der Waals surface area (Å²) in [5, 5.41) is 1.17. The Morgan fingerprint density at radius 3 is 2.69 bits per heavy atom. The van der Waals surface area contributed by atoms with Crippen LogP contribution in [-0.2, 0) is 4.74 Å². The minimum atomic E-state index is -0.523. The van der Waals surface area contributed by atoms with Gasteiger partial charge in [0.15, 0.2) is 5.75 Å². The highest BCUT2D eigenvalue weighted by Gasteiger charge is 2.17. The number of ether oxygens (including phenoxy) is 2. The third-order valence-corrected chi connectivity index (χ3v) is 2.77. The van der Waals surface area contributed by atoms with Gasteiger partial charge in [0, 0.05) is 5.33 Å². The fraction of sp³-hybridized carbons (Fsp3) is 0.300. The lowest BCUT2D eigenvalue weighted by molar-refractivity contribution is 0.0600. The molecule has 0 saturated carbocycles. The van der Waals surface area contributed by atoms with Crippen LogP contribution in [0.1, 0.15) is 10.4 Å². The average Bonchev–Trinajstić information content (AvgIpc) is 2.28. The summed E-state index contributed by atoms with van der Waals surface area (Å²) in [6.07, 6.45) is 0. The van der Waals surface area contributed by atoms with Gasteiger partial charge in [-0.15, -0.1) is 0 Å². The van der Waals surface area contributed by atoms with E-state index in [1.165, 1.54) is 13.2 Å². The summed E-state index contributed by atoms with van der Waals surface area (Å²) in [6, 6.07) is 3.04. The number of carbonyl (C=O) groups is 1. The van der Waals surface area contributed by atoms with Gasteiger partial charge >= 0.3 is 5.97 Å². The smallest absolute Gasteiger partial charge is 0.339 e. The lowest BCUT2D eigenvalue weighted by Crippen LogP contribution is -2.05. The zero-order valence-corrected chi connectivity index (χ0v) is 11.5. The van der Waals surface area contributed by atoms with Gasteiger partial charge in [-0.1, -0.05) is 39.1 Å². The minimum Gasteiger partial charge on any atom is -0.490 e. The van der Waals surface area contributed by atoms with Gasteiger partial charge in [-0.3, -0.25) is 0 Å². The number of benzene rings is 1. The molecule has 0 aliphatic rings. The molecule has 0 radical (unpaired) electrons. The van der Waals surface area contributed by atoms with E-state index in [0.29, 0.717) is 22.7 Å². The molecule has 0 aliphatic carbocycles. The van der Waals surface area contributed by atoms with Crippen LogP contribution in [0.3, 0.4) is 0 Å². The van der Waals surface area contributed by atoms with Crippen molar-refractivity contribution >= 4 is 45.1 Å². The van der Waals surface area contributed by atoms with Gasteiger partial charge < -0.3 is 9.47 Å². The largest absolute Gasteiger partial charge is 0.490 e. The molecule has 0 atom stereocenters. The zero-order chi connectivity index (χ0) is 12.1. The van der Waals surface area contributed by atoms with Crippen LogP contribution < -0.4 is 4.74 Å². The first kappa shape index (κ1) is 13.6. The van der Waals surface area contributed by atoms with Crippen LogP contribution in [0.2, 0.25) is 10.0 Å². The summed E-state index contributed by atoms with van der Waals surface area (Å²) in [5.41, 5.74) is 0.234. The van der Waals surface area contributed by atoms with Crippen LogP contribution in [-0.4, -0.2) is 25.0 Å². The maximum absolute atomic E-state index is 11.4. The Labute approximate surface area is 112 Å². The van der Waals surface area contributed by atoms with Gasteiger partial charge in [0.2, 0.25) is 0 Å². The molecule has 0 aliphatic heterocycles. The molecule has 16 heavy (non-hydrogen) atoms. The Bertz CT molecular complexity index is 396. The van der Waals surface area contributed by atoms with Crippen molar-refractivity contribution in [2.24, 2.45) is 0 Å². The Morgan fingerprint density at radius 1 is 1.44 bits per heavy atom. The summed E-state index contributed by atoms with van der Waals surface area (Å²) in [6.45, 7) is 0.407. The van der Waals surface area contributed by atoms with E-state index in [9.17, 15) is 4.79 Å². The lowest BCUT2D eigenvalue weighted by atomic mass is 10.2. The topological polar surface area (TPSA) is 35.5 Å². The SMILES string of the molecule is COC(=O)c1ccc(Cl)c(OCCBr)c1Cl. The molecule has 0 spiro atoms. The first-order chi connectivity index (χ1) is 7.61. The van der Waals surface area contributed by atoms with E-state index in [2.05, 4.69) is 20.7 Å². The van der Waals surface area contributed by atoms with Crippen molar-refractivity contribution in [2.75, 3.05) is 19.0 Å². The minimum absolute atomic E-state index is 0.167. The van der Waals surface area contributed by atoms with E-state index in [1.54, 1.807) is 6.07 Å². The second-order valence-corrected chi connectivity index (χ2v) is 4.35. The van der Waals surface area contributed by atoms with Gasteiger partial charge in [-0.2, -0.15) is 0 Å². The van der Waals surface area contributed by atoms with Crippen LogP contribution in [0.5, 0.6) is 5.75 Å². The standard InChI is InChI=1S/C10H9BrCl2O3/c1-15-10(14)6-2-3-7(12)9(8(6)13)16-5-4-11/h2-3H,4-5H2,1H3. The van der Waals surface area contributed by atoms with Crippen molar-refractivity contribution in [1.29, 1.82) is 0 Å². The number of halogens is 3. The number of carbonyl (C=O) groups excluding carboxylic acids is 1. The maximum atomic E-state index is 11.4. The Kier molecular flexibility index (Phi) is 5.38. The summed E-state index contributed by atoms with van der Waals surface area (Å²) in [5.74, 6) is -0.226. The molecule has 0 fully saturated rings. The third-order valence-electron chi connectivity index (χ3n) is 1.78. The van der Waals surface area contributed by atoms with Gasteiger partial charge in [-0.05, 0) is 12.1 Å². The first-order valence-electron chi connectivity index (χ1n) is 4.37. The Balaban J connectivity index is 3.11. The van der Waals surface area contributed by atoms with Crippen LogP contribution in [0, 0.1) is 0 Å². The molecule has 88 valence electrons. The van der Waals surface area contributed by atoms with Crippen LogP contribution in [0.4, 0.5) is 0 Å². The normalized spacial score (nSPS) is 10.0. The molecular formula is C10H9BrCl2O3. The number of hydrogen-bond donors (Lipinski definition) is 0. The molecule has 3 nitrogen and oxygen atoms in total. The monoisotopic (exact) mass is 326 g/mol. The van der Waals surface area contributed by atoms with Crippen molar-refractivity contribution in [1.82, 2.24) is 0 Å². The second-order valence-electron chi connectivity index (χ2n) is 2.77. The van der Waals surface area contributed by atoms with Gasteiger partial charge in [0.1, 0.15) is 0 Å². The summed E-state index contributed by atoms with van der Waals surface area (Å²) in [7, 11) is 1.28. The number of methoxy groups -OCH3 is 1. The number of alkyl halides is 1.